The van der Waals surface area contributed by atoms with Crippen LogP contribution in [-0.2, 0) is 0 Å². The van der Waals surface area contributed by atoms with Gasteiger partial charge >= 0.3 is 201 Å². The van der Waals surface area contributed by atoms with Gasteiger partial charge in [-0.15, -0.1) is 0 Å². The summed E-state index contributed by atoms with van der Waals surface area (Å²) in [5, 5.41) is 0. The van der Waals surface area contributed by atoms with Crippen molar-refractivity contribution in [3.05, 3.63) is 36.5 Å². The van der Waals surface area contributed by atoms with Gasteiger partial charge in [-0.3, -0.25) is 0 Å². The second-order valence-electron chi connectivity index (χ2n) is 15.3. The van der Waals surface area contributed by atoms with E-state index in [4.69, 9.17) is 0 Å². The predicted octanol–water partition coefficient (Wildman–Crippen LogP) is 9.63. The Hall–Kier alpha value is -0.144. The molecule has 3 aliphatic rings. The average Bonchev–Trinajstić information content (AvgIpc) is 2.48. The topological polar surface area (TPSA) is 0 Å². The molecule has 0 fully saturated rings. The van der Waals surface area contributed by atoms with Crippen LogP contribution >= 0.6 is 0 Å². The molecule has 0 amide bonds. The van der Waals surface area contributed by atoms with Crippen LogP contribution in [0.2, 0.25) is 13.4 Å². The molecule has 3 unspecified atom stereocenters. The summed E-state index contributed by atoms with van der Waals surface area (Å²) < 4.78 is 2.51. The molecule has 0 N–H and O–H groups in total. The summed E-state index contributed by atoms with van der Waals surface area (Å²) in [5.41, 5.74) is 1.99. The fourth-order valence-electron chi connectivity index (χ4n) is 9.34. The molecule has 0 saturated carbocycles. The van der Waals surface area contributed by atoms with Gasteiger partial charge in [0.1, 0.15) is 0 Å². The van der Waals surface area contributed by atoms with Crippen molar-refractivity contribution >= 4 is 16.2 Å². The molecule has 3 atom stereocenters. The maximum atomic E-state index is 2.61. The molecule has 0 aromatic heterocycles. The van der Waals surface area contributed by atoms with Crippen LogP contribution in [0.25, 0.3) is 0 Å². The van der Waals surface area contributed by atoms with Gasteiger partial charge < -0.3 is 0 Å². The Morgan fingerprint density at radius 3 is 0.871 bits per heavy atom. The zero-order chi connectivity index (χ0) is 23.7. The fourth-order valence-corrected chi connectivity index (χ4v) is 26.1. The SMILES string of the molecule is CC1(C)C=CCC(C)(C)[CH]1[Ga]([CH]1C(C)(C)C=CCC1(C)C)[CH]1C(C)(C)C=CCC1(C)C. The van der Waals surface area contributed by atoms with Crippen LogP contribution in [0.15, 0.2) is 36.5 Å². The Labute approximate surface area is 200 Å². The van der Waals surface area contributed by atoms with E-state index in [0.29, 0.717) is 16.2 Å². The van der Waals surface area contributed by atoms with E-state index in [1.807, 2.05) is 0 Å². The van der Waals surface area contributed by atoms with Gasteiger partial charge in [-0.25, -0.2) is 0 Å². The molecule has 0 heterocycles. The molecule has 3 rings (SSSR count). The summed E-state index contributed by atoms with van der Waals surface area (Å²) in [6.07, 6.45) is 19.1. The van der Waals surface area contributed by atoms with E-state index in [1.54, 1.807) is 0 Å². The van der Waals surface area contributed by atoms with E-state index < -0.39 is 16.2 Å². The standard InChI is InChI=1S/3C10H17.Ga/c3*1-9(2)6-5-7-10(3,4)8-9;/h3*5-6,8H,7H2,1-4H3;. The summed E-state index contributed by atoms with van der Waals surface area (Å²) >= 11 is -2.09. The average molecular weight is 481 g/mol. The number of hydrogen-bond acceptors (Lipinski definition) is 0. The minimum absolute atomic E-state index is 0.285. The Morgan fingerprint density at radius 2 is 0.677 bits per heavy atom. The van der Waals surface area contributed by atoms with Crippen LogP contribution in [0.5, 0.6) is 0 Å². The molecule has 0 saturated heterocycles. The van der Waals surface area contributed by atoms with Gasteiger partial charge in [0.2, 0.25) is 0 Å². The van der Waals surface area contributed by atoms with Crippen molar-refractivity contribution in [2.75, 3.05) is 0 Å². The summed E-state index contributed by atoms with van der Waals surface area (Å²) in [6.45, 7) is 31.1. The van der Waals surface area contributed by atoms with Crippen LogP contribution in [0.1, 0.15) is 102 Å². The number of hydrogen-bond donors (Lipinski definition) is 0. The van der Waals surface area contributed by atoms with Crippen LogP contribution in [0, 0.1) is 32.5 Å². The first-order chi connectivity index (χ1) is 13.9. The molecule has 1 heteroatoms. The molecular formula is C30H51Ga. The maximum absolute atomic E-state index is 2.61. The predicted molar refractivity (Wildman–Crippen MR) is 141 cm³/mol. The van der Waals surface area contributed by atoms with Crippen molar-refractivity contribution in [1.29, 1.82) is 0 Å². The molecule has 0 bridgehead atoms. The molecule has 0 aliphatic heterocycles. The molecule has 0 spiro atoms. The van der Waals surface area contributed by atoms with Crippen molar-refractivity contribution in [3.8, 4) is 0 Å². The Kier molecular flexibility index (Phi) is 6.32. The first-order valence-electron chi connectivity index (χ1n) is 12.9. The van der Waals surface area contributed by atoms with Gasteiger partial charge in [0.25, 0.3) is 0 Å². The first-order valence-corrected chi connectivity index (χ1v) is 17.1. The van der Waals surface area contributed by atoms with Gasteiger partial charge in [0.15, 0.2) is 0 Å². The van der Waals surface area contributed by atoms with Gasteiger partial charge in [-0.1, -0.05) is 0 Å². The minimum atomic E-state index is -2.09. The van der Waals surface area contributed by atoms with Gasteiger partial charge in [0, 0.05) is 0 Å². The van der Waals surface area contributed by atoms with E-state index in [-0.39, 0.29) is 16.2 Å². The van der Waals surface area contributed by atoms with E-state index in [9.17, 15) is 0 Å². The van der Waals surface area contributed by atoms with Crippen LogP contribution < -0.4 is 0 Å². The van der Waals surface area contributed by atoms with Crippen LogP contribution in [-0.4, -0.2) is 16.2 Å². The zero-order valence-corrected chi connectivity index (χ0v) is 25.3. The molecule has 0 aromatic carbocycles. The second-order valence-corrected chi connectivity index (χ2v) is 21.9. The van der Waals surface area contributed by atoms with Crippen LogP contribution in [0.4, 0.5) is 0 Å². The van der Waals surface area contributed by atoms with E-state index in [1.165, 1.54) is 19.3 Å². The van der Waals surface area contributed by atoms with E-state index >= 15 is 0 Å². The summed E-state index contributed by atoms with van der Waals surface area (Å²) in [4.78, 5) is 0. The van der Waals surface area contributed by atoms with Gasteiger partial charge in [-0.2, -0.15) is 0 Å². The quantitative estimate of drug-likeness (QED) is 0.278. The first kappa shape index (κ1) is 25.5. The third-order valence-electron chi connectivity index (χ3n) is 9.66. The third kappa shape index (κ3) is 4.49. The molecule has 174 valence electrons. The van der Waals surface area contributed by atoms with Crippen LogP contribution in [0.3, 0.4) is 0 Å². The molecule has 0 nitrogen and oxygen atoms in total. The van der Waals surface area contributed by atoms with Crippen molar-refractivity contribution in [2.24, 2.45) is 32.5 Å². The number of rotatable bonds is 3. The molecule has 31 heavy (non-hydrogen) atoms. The Morgan fingerprint density at radius 1 is 0.452 bits per heavy atom. The van der Waals surface area contributed by atoms with E-state index in [2.05, 4.69) is 120 Å². The normalized spacial score (nSPS) is 36.2. The van der Waals surface area contributed by atoms with Crippen molar-refractivity contribution in [2.45, 2.75) is 116 Å². The molecule has 0 aromatic rings. The van der Waals surface area contributed by atoms with Crippen molar-refractivity contribution < 1.29 is 0 Å². The third-order valence-corrected chi connectivity index (χ3v) is 25.6. The monoisotopic (exact) mass is 480 g/mol. The summed E-state index contributed by atoms with van der Waals surface area (Å²) in [7, 11) is 0. The molecule has 3 aliphatic carbocycles. The Balaban J connectivity index is 2.34. The second kappa shape index (κ2) is 7.69. The zero-order valence-electron chi connectivity index (χ0n) is 22.9. The van der Waals surface area contributed by atoms with Crippen molar-refractivity contribution in [3.63, 3.8) is 0 Å². The Bertz CT molecular complexity index is 664. The fraction of sp³-hybridized carbons (Fsp3) is 0.800. The summed E-state index contributed by atoms with van der Waals surface area (Å²) in [5.74, 6) is 0. The molecule has 0 radical (unpaired) electrons. The number of allylic oxidation sites excluding steroid dienone is 6. The summed E-state index contributed by atoms with van der Waals surface area (Å²) in [6, 6.07) is 0. The van der Waals surface area contributed by atoms with Gasteiger partial charge in [-0.05, 0) is 0 Å². The molecular weight excluding hydrogens is 430 g/mol. The van der Waals surface area contributed by atoms with Gasteiger partial charge in [0.05, 0.1) is 0 Å². The van der Waals surface area contributed by atoms with Crippen molar-refractivity contribution in [1.82, 2.24) is 0 Å². The van der Waals surface area contributed by atoms with E-state index in [0.717, 1.165) is 13.4 Å².